The molecule has 3 heterocycles. The number of amides is 1. The fraction of sp³-hybridized carbons (Fsp3) is 0.556. The molecule has 0 aliphatic carbocycles. The summed E-state index contributed by atoms with van der Waals surface area (Å²) in [4.78, 5) is 21.3. The van der Waals surface area contributed by atoms with E-state index in [9.17, 15) is 9.90 Å². The first-order chi connectivity index (χ1) is 15.7. The number of likely N-dealkylation sites (tertiary alicyclic amines) is 1. The van der Waals surface area contributed by atoms with Crippen LogP contribution in [0.5, 0.6) is 0 Å². The lowest BCUT2D eigenvalue weighted by molar-refractivity contribution is -0.127. The van der Waals surface area contributed by atoms with Crippen LogP contribution in [0.2, 0.25) is 0 Å². The Hall–Kier alpha value is -2.28. The van der Waals surface area contributed by atoms with E-state index >= 15 is 0 Å². The van der Waals surface area contributed by atoms with Crippen LogP contribution in [-0.2, 0) is 15.1 Å². The van der Waals surface area contributed by atoms with Crippen molar-refractivity contribution in [1.82, 2.24) is 9.88 Å². The Morgan fingerprint density at radius 2 is 1.91 bits per heavy atom. The first-order valence-electron chi connectivity index (χ1n) is 11.9. The van der Waals surface area contributed by atoms with Gasteiger partial charge in [0.1, 0.15) is 5.60 Å². The summed E-state index contributed by atoms with van der Waals surface area (Å²) in [5.74, 6) is 0.811. The van der Waals surface area contributed by atoms with Crippen molar-refractivity contribution in [1.29, 1.82) is 0 Å². The summed E-state index contributed by atoms with van der Waals surface area (Å²) in [5, 5.41) is 12.4. The second kappa shape index (κ2) is 9.16. The van der Waals surface area contributed by atoms with Gasteiger partial charge in [0, 0.05) is 56.9 Å². The molecule has 4 rings (SSSR count). The second-order valence-corrected chi connectivity index (χ2v) is 10.5. The fourth-order valence-corrected chi connectivity index (χ4v) is 5.63. The van der Waals surface area contributed by atoms with Crippen LogP contribution in [0.3, 0.4) is 0 Å². The number of nitrogens with zero attached hydrogens (tertiary/aromatic N) is 3. The molecule has 33 heavy (non-hydrogen) atoms. The lowest BCUT2D eigenvalue weighted by Gasteiger charge is -2.56. The average Bonchev–Trinajstić information content (AvgIpc) is 3.16. The summed E-state index contributed by atoms with van der Waals surface area (Å²) >= 11 is 0. The zero-order valence-electron chi connectivity index (χ0n) is 20.5. The molecule has 1 aromatic carbocycles. The van der Waals surface area contributed by atoms with E-state index in [1.54, 1.807) is 19.5 Å². The van der Waals surface area contributed by atoms with E-state index in [0.29, 0.717) is 25.5 Å². The number of anilines is 1. The Kier molecular flexibility index (Phi) is 6.63. The maximum absolute atomic E-state index is 12.8. The highest BCUT2D eigenvalue weighted by molar-refractivity contribution is 5.95. The lowest BCUT2D eigenvalue weighted by Crippen LogP contribution is -2.63. The van der Waals surface area contributed by atoms with Crippen molar-refractivity contribution >= 4 is 11.6 Å². The van der Waals surface area contributed by atoms with Crippen LogP contribution in [0.25, 0.3) is 0 Å². The monoisotopic (exact) mass is 451 g/mol. The number of pyridine rings is 1. The van der Waals surface area contributed by atoms with Gasteiger partial charge in [0.15, 0.2) is 0 Å². The van der Waals surface area contributed by atoms with Gasteiger partial charge in [0.05, 0.1) is 11.9 Å². The SMILES string of the molecule is COCCC1CC(=O)N(c2cncc(C(O)(c3ccc(C(C)C)cc3)C3(C)CN(C)C3)c2)C1. The summed E-state index contributed by atoms with van der Waals surface area (Å²) in [6.45, 7) is 9.35. The number of hydrogen-bond donors (Lipinski definition) is 1. The third kappa shape index (κ3) is 4.32. The molecule has 6 nitrogen and oxygen atoms in total. The summed E-state index contributed by atoms with van der Waals surface area (Å²) in [5.41, 5.74) is 2.03. The first-order valence-corrected chi connectivity index (χ1v) is 11.9. The summed E-state index contributed by atoms with van der Waals surface area (Å²) < 4.78 is 5.20. The Morgan fingerprint density at radius 1 is 1.21 bits per heavy atom. The predicted molar refractivity (Wildman–Crippen MR) is 130 cm³/mol. The molecule has 0 spiro atoms. The summed E-state index contributed by atoms with van der Waals surface area (Å²) in [6, 6.07) is 10.3. The number of benzene rings is 1. The zero-order chi connectivity index (χ0) is 23.8. The minimum atomic E-state index is -1.21. The van der Waals surface area contributed by atoms with Crippen molar-refractivity contribution in [2.24, 2.45) is 11.3 Å². The molecule has 2 unspecified atom stereocenters. The topological polar surface area (TPSA) is 65.9 Å². The smallest absolute Gasteiger partial charge is 0.227 e. The van der Waals surface area contributed by atoms with E-state index in [4.69, 9.17) is 4.74 Å². The highest BCUT2D eigenvalue weighted by Crippen LogP contribution is 2.50. The number of methoxy groups -OCH3 is 1. The molecule has 1 aromatic heterocycles. The third-order valence-electron chi connectivity index (χ3n) is 7.49. The number of hydrogen-bond acceptors (Lipinski definition) is 5. The van der Waals surface area contributed by atoms with Gasteiger partial charge in [0.2, 0.25) is 5.91 Å². The fourth-order valence-electron chi connectivity index (χ4n) is 5.63. The minimum absolute atomic E-state index is 0.106. The van der Waals surface area contributed by atoms with E-state index in [1.807, 2.05) is 23.1 Å². The van der Waals surface area contributed by atoms with Gasteiger partial charge in [0.25, 0.3) is 0 Å². The quantitative estimate of drug-likeness (QED) is 0.662. The molecule has 2 fully saturated rings. The number of aliphatic hydroxyl groups is 1. The van der Waals surface area contributed by atoms with E-state index in [-0.39, 0.29) is 17.2 Å². The molecule has 0 radical (unpaired) electrons. The van der Waals surface area contributed by atoms with Crippen LogP contribution in [0, 0.1) is 11.3 Å². The molecular weight excluding hydrogens is 414 g/mol. The van der Waals surface area contributed by atoms with Gasteiger partial charge in [-0.2, -0.15) is 0 Å². The van der Waals surface area contributed by atoms with Crippen LogP contribution in [-0.4, -0.2) is 61.3 Å². The maximum Gasteiger partial charge on any atom is 0.227 e. The standard InChI is InChI=1S/C27H37N3O3/c1-19(2)21-6-8-22(9-7-21)27(32,26(3)17-29(4)18-26)23-13-24(15-28-14-23)30-16-20(10-11-33-5)12-25(30)31/h6-9,13-15,19-20,32H,10-12,16-18H2,1-5H3. The average molecular weight is 452 g/mol. The highest BCUT2D eigenvalue weighted by Gasteiger charge is 2.55. The molecule has 2 aromatic rings. The second-order valence-electron chi connectivity index (χ2n) is 10.5. The first kappa shape index (κ1) is 23.9. The zero-order valence-corrected chi connectivity index (χ0v) is 20.5. The molecule has 6 heteroatoms. The Morgan fingerprint density at radius 3 is 2.52 bits per heavy atom. The van der Waals surface area contributed by atoms with Crippen molar-refractivity contribution in [3.05, 3.63) is 59.4 Å². The van der Waals surface area contributed by atoms with Crippen molar-refractivity contribution in [3.8, 4) is 0 Å². The maximum atomic E-state index is 12.8. The number of carbonyl (C=O) groups excluding carboxylic acids is 1. The van der Waals surface area contributed by atoms with Crippen LogP contribution >= 0.6 is 0 Å². The number of aromatic nitrogens is 1. The number of ether oxygens (including phenoxy) is 1. The Balaban J connectivity index is 1.71. The largest absolute Gasteiger partial charge is 0.385 e. The molecule has 1 amide bonds. The normalized spacial score (nSPS) is 22.5. The molecule has 0 bridgehead atoms. The van der Waals surface area contributed by atoms with Crippen LogP contribution in [0.1, 0.15) is 56.2 Å². The molecule has 2 saturated heterocycles. The Bertz CT molecular complexity index is 984. The highest BCUT2D eigenvalue weighted by atomic mass is 16.5. The molecule has 2 aliphatic rings. The van der Waals surface area contributed by atoms with Crippen molar-refractivity contribution in [2.75, 3.05) is 45.3 Å². The van der Waals surface area contributed by atoms with Crippen molar-refractivity contribution in [3.63, 3.8) is 0 Å². The predicted octanol–water partition coefficient (Wildman–Crippen LogP) is 3.78. The Labute approximate surface area is 197 Å². The third-order valence-corrected chi connectivity index (χ3v) is 7.49. The van der Waals surface area contributed by atoms with Gasteiger partial charge in [-0.05, 0) is 42.5 Å². The molecule has 2 atom stereocenters. The lowest BCUT2D eigenvalue weighted by atomic mass is 9.62. The van der Waals surface area contributed by atoms with E-state index < -0.39 is 5.60 Å². The molecule has 178 valence electrons. The number of rotatable bonds is 8. The summed E-state index contributed by atoms with van der Waals surface area (Å²) in [7, 11) is 3.76. The van der Waals surface area contributed by atoms with E-state index in [1.165, 1.54) is 5.56 Å². The van der Waals surface area contributed by atoms with Gasteiger partial charge in [-0.3, -0.25) is 9.78 Å². The van der Waals surface area contributed by atoms with Gasteiger partial charge in [-0.1, -0.05) is 45.0 Å². The summed E-state index contributed by atoms with van der Waals surface area (Å²) in [6.07, 6.45) is 4.88. The minimum Gasteiger partial charge on any atom is -0.385 e. The van der Waals surface area contributed by atoms with E-state index in [0.717, 1.165) is 36.3 Å². The van der Waals surface area contributed by atoms with E-state index in [2.05, 4.69) is 49.8 Å². The van der Waals surface area contributed by atoms with Crippen molar-refractivity contribution in [2.45, 2.75) is 45.1 Å². The van der Waals surface area contributed by atoms with Gasteiger partial charge >= 0.3 is 0 Å². The van der Waals surface area contributed by atoms with Crippen molar-refractivity contribution < 1.29 is 14.6 Å². The van der Waals surface area contributed by atoms with Gasteiger partial charge in [-0.25, -0.2) is 0 Å². The van der Waals surface area contributed by atoms with Crippen LogP contribution in [0.15, 0.2) is 42.7 Å². The van der Waals surface area contributed by atoms with Crippen LogP contribution < -0.4 is 4.90 Å². The van der Waals surface area contributed by atoms with Crippen LogP contribution in [0.4, 0.5) is 5.69 Å². The molecule has 2 aliphatic heterocycles. The number of carbonyl (C=O) groups is 1. The van der Waals surface area contributed by atoms with Gasteiger partial charge < -0.3 is 19.6 Å². The molecule has 0 saturated carbocycles. The molecular formula is C27H37N3O3. The molecule has 1 N–H and O–H groups in total. The van der Waals surface area contributed by atoms with Gasteiger partial charge in [-0.15, -0.1) is 0 Å².